The molecule has 27 heavy (non-hydrogen) atoms. The Balaban J connectivity index is 1.63. The van der Waals surface area contributed by atoms with E-state index in [0.717, 1.165) is 29.9 Å². The van der Waals surface area contributed by atoms with Crippen LogP contribution < -0.4 is 20.1 Å². The molecule has 3 rings (SSSR count). The first kappa shape index (κ1) is 19.8. The molecule has 1 aromatic rings. The Morgan fingerprint density at radius 1 is 1.26 bits per heavy atom. The van der Waals surface area contributed by atoms with Gasteiger partial charge in [-0.2, -0.15) is 0 Å². The third kappa shape index (κ3) is 5.51. The van der Waals surface area contributed by atoms with Crippen LogP contribution in [0, 0.1) is 0 Å². The molecule has 8 heteroatoms. The highest BCUT2D eigenvalue weighted by Crippen LogP contribution is 2.30. The highest BCUT2D eigenvalue weighted by Gasteiger charge is 2.28. The molecule has 0 amide bonds. The summed E-state index contributed by atoms with van der Waals surface area (Å²) in [5, 5.41) is 6.47. The molecule has 1 heterocycles. The highest BCUT2D eigenvalue weighted by atomic mass is 32.2. The Hall–Kier alpha value is -1.96. The fourth-order valence-corrected chi connectivity index (χ4v) is 5.25. The maximum Gasteiger partial charge on any atom is 0.191 e. The number of benzene rings is 1. The monoisotopic (exact) mass is 395 g/mol. The van der Waals surface area contributed by atoms with Crippen molar-refractivity contribution >= 4 is 15.8 Å². The van der Waals surface area contributed by atoms with Crippen LogP contribution in [-0.2, 0) is 16.4 Å². The van der Waals surface area contributed by atoms with Crippen molar-refractivity contribution in [3.8, 4) is 11.5 Å². The molecule has 1 atom stereocenters. The molecule has 150 valence electrons. The van der Waals surface area contributed by atoms with Crippen LogP contribution in [0.3, 0.4) is 0 Å². The second kappa shape index (κ2) is 8.82. The molecular formula is C19H29N3O4S. The third-order valence-corrected chi connectivity index (χ3v) is 6.88. The molecule has 0 bridgehead atoms. The van der Waals surface area contributed by atoms with Crippen molar-refractivity contribution in [1.29, 1.82) is 0 Å². The fourth-order valence-electron chi connectivity index (χ4n) is 3.58. The first-order chi connectivity index (χ1) is 13.0. The summed E-state index contributed by atoms with van der Waals surface area (Å²) in [6.45, 7) is 0.533. The first-order valence-electron chi connectivity index (χ1n) is 9.50. The summed E-state index contributed by atoms with van der Waals surface area (Å²) in [6.07, 6.45) is 5.47. The lowest BCUT2D eigenvalue weighted by Gasteiger charge is -2.20. The lowest BCUT2D eigenvalue weighted by molar-refractivity contribution is 0.207. The van der Waals surface area contributed by atoms with Gasteiger partial charge in [0.2, 0.25) is 0 Å². The van der Waals surface area contributed by atoms with Gasteiger partial charge in [-0.15, -0.1) is 0 Å². The standard InChI is InChI=1S/C19H29N3O4S/c1-20-19(22-15-9-10-27(23,24)13-15)21-12-14-7-8-17(25-2)11-18(14)26-16-5-3-4-6-16/h7-8,11,15-16H,3-6,9-10,12-13H2,1-2H3,(H2,20,21,22). The summed E-state index contributed by atoms with van der Waals surface area (Å²) in [7, 11) is 0.407. The van der Waals surface area contributed by atoms with Gasteiger partial charge in [-0.05, 0) is 44.2 Å². The van der Waals surface area contributed by atoms with Crippen LogP contribution >= 0.6 is 0 Å². The summed E-state index contributed by atoms with van der Waals surface area (Å²) in [5.41, 5.74) is 1.02. The quantitative estimate of drug-likeness (QED) is 0.565. The summed E-state index contributed by atoms with van der Waals surface area (Å²) < 4.78 is 34.8. The maximum absolute atomic E-state index is 11.6. The van der Waals surface area contributed by atoms with E-state index in [0.29, 0.717) is 18.9 Å². The van der Waals surface area contributed by atoms with Crippen LogP contribution in [-0.4, -0.2) is 52.2 Å². The topological polar surface area (TPSA) is 89.0 Å². The molecule has 0 spiro atoms. The minimum atomic E-state index is -2.92. The SMILES string of the molecule is CN=C(NCc1ccc(OC)cc1OC1CCCC1)NC1CCS(=O)(=O)C1. The Labute approximate surface area is 161 Å². The Morgan fingerprint density at radius 3 is 2.67 bits per heavy atom. The number of aliphatic imine (C=N–C) groups is 1. The zero-order valence-corrected chi connectivity index (χ0v) is 16.8. The number of methoxy groups -OCH3 is 1. The summed E-state index contributed by atoms with van der Waals surface area (Å²) >= 11 is 0. The molecule has 1 unspecified atom stereocenters. The molecular weight excluding hydrogens is 366 g/mol. The van der Waals surface area contributed by atoms with Gasteiger partial charge in [-0.3, -0.25) is 4.99 Å². The molecule has 1 aliphatic heterocycles. The third-order valence-electron chi connectivity index (χ3n) is 5.11. The predicted molar refractivity (Wildman–Crippen MR) is 106 cm³/mol. The fraction of sp³-hybridized carbons (Fsp3) is 0.632. The molecule has 7 nitrogen and oxygen atoms in total. The smallest absolute Gasteiger partial charge is 0.191 e. The number of hydrogen-bond donors (Lipinski definition) is 2. The van der Waals surface area contributed by atoms with Gasteiger partial charge in [0, 0.05) is 31.3 Å². The van der Waals surface area contributed by atoms with Crippen molar-refractivity contribution in [1.82, 2.24) is 10.6 Å². The minimum absolute atomic E-state index is 0.0914. The molecule has 1 aromatic carbocycles. The zero-order valence-electron chi connectivity index (χ0n) is 16.0. The molecule has 2 aliphatic rings. The lowest BCUT2D eigenvalue weighted by Crippen LogP contribution is -2.43. The average Bonchev–Trinajstić information content (AvgIpc) is 3.28. The molecule has 0 radical (unpaired) electrons. The van der Waals surface area contributed by atoms with Gasteiger partial charge >= 0.3 is 0 Å². The van der Waals surface area contributed by atoms with E-state index in [1.807, 2.05) is 18.2 Å². The van der Waals surface area contributed by atoms with Gasteiger partial charge in [0.25, 0.3) is 0 Å². The van der Waals surface area contributed by atoms with E-state index >= 15 is 0 Å². The molecule has 1 aliphatic carbocycles. The Bertz CT molecular complexity index is 773. The van der Waals surface area contributed by atoms with Crippen molar-refractivity contribution < 1.29 is 17.9 Å². The second-order valence-electron chi connectivity index (χ2n) is 7.17. The number of guanidine groups is 1. The van der Waals surface area contributed by atoms with E-state index in [-0.39, 0.29) is 23.7 Å². The predicted octanol–water partition coefficient (Wildman–Crippen LogP) is 1.87. The molecule has 1 saturated carbocycles. The van der Waals surface area contributed by atoms with Crippen molar-refractivity contribution in [2.45, 2.75) is 50.8 Å². The number of nitrogens with zero attached hydrogens (tertiary/aromatic N) is 1. The van der Waals surface area contributed by atoms with E-state index in [2.05, 4.69) is 15.6 Å². The van der Waals surface area contributed by atoms with Crippen molar-refractivity contribution in [3.63, 3.8) is 0 Å². The largest absolute Gasteiger partial charge is 0.497 e. The van der Waals surface area contributed by atoms with Gasteiger partial charge in [0.05, 0.1) is 24.7 Å². The second-order valence-corrected chi connectivity index (χ2v) is 9.40. The van der Waals surface area contributed by atoms with Crippen LogP contribution in [0.25, 0.3) is 0 Å². The summed E-state index contributed by atoms with van der Waals surface area (Å²) in [4.78, 5) is 4.22. The maximum atomic E-state index is 11.6. The minimum Gasteiger partial charge on any atom is -0.497 e. The van der Waals surface area contributed by atoms with Gasteiger partial charge in [0.15, 0.2) is 15.8 Å². The van der Waals surface area contributed by atoms with E-state index in [1.54, 1.807) is 14.2 Å². The molecule has 1 saturated heterocycles. The number of sulfone groups is 1. The van der Waals surface area contributed by atoms with E-state index in [1.165, 1.54) is 12.8 Å². The van der Waals surface area contributed by atoms with E-state index in [4.69, 9.17) is 9.47 Å². The van der Waals surface area contributed by atoms with E-state index < -0.39 is 9.84 Å². The van der Waals surface area contributed by atoms with Crippen LogP contribution in [0.15, 0.2) is 23.2 Å². The number of ether oxygens (including phenoxy) is 2. The van der Waals surface area contributed by atoms with E-state index in [9.17, 15) is 8.42 Å². The number of rotatable bonds is 6. The van der Waals surface area contributed by atoms with Crippen LogP contribution in [0.5, 0.6) is 11.5 Å². The van der Waals surface area contributed by atoms with Gasteiger partial charge in [-0.1, -0.05) is 0 Å². The Morgan fingerprint density at radius 2 is 2.04 bits per heavy atom. The summed E-state index contributed by atoms with van der Waals surface area (Å²) in [6, 6.07) is 5.74. The van der Waals surface area contributed by atoms with Crippen molar-refractivity contribution in [3.05, 3.63) is 23.8 Å². The van der Waals surface area contributed by atoms with Gasteiger partial charge in [0.1, 0.15) is 11.5 Å². The molecule has 0 aromatic heterocycles. The van der Waals surface area contributed by atoms with Crippen LogP contribution in [0.1, 0.15) is 37.7 Å². The normalized spacial score (nSPS) is 22.6. The Kier molecular flexibility index (Phi) is 6.46. The highest BCUT2D eigenvalue weighted by molar-refractivity contribution is 7.91. The van der Waals surface area contributed by atoms with Gasteiger partial charge < -0.3 is 20.1 Å². The zero-order chi connectivity index (χ0) is 19.3. The first-order valence-corrected chi connectivity index (χ1v) is 11.3. The van der Waals surface area contributed by atoms with Crippen LogP contribution in [0.4, 0.5) is 0 Å². The van der Waals surface area contributed by atoms with Crippen molar-refractivity contribution in [2.24, 2.45) is 4.99 Å². The number of nitrogens with one attached hydrogen (secondary N) is 2. The number of hydrogen-bond acceptors (Lipinski definition) is 5. The average molecular weight is 396 g/mol. The van der Waals surface area contributed by atoms with Gasteiger partial charge in [-0.25, -0.2) is 8.42 Å². The summed E-state index contributed by atoms with van der Waals surface area (Å²) in [5.74, 6) is 2.59. The van der Waals surface area contributed by atoms with Crippen molar-refractivity contribution in [2.75, 3.05) is 25.7 Å². The van der Waals surface area contributed by atoms with Crippen LogP contribution in [0.2, 0.25) is 0 Å². The lowest BCUT2D eigenvalue weighted by atomic mass is 10.1. The molecule has 2 N–H and O–H groups in total. The molecule has 2 fully saturated rings.